The van der Waals surface area contributed by atoms with Crippen molar-refractivity contribution in [2.75, 3.05) is 20.8 Å². The summed E-state index contributed by atoms with van der Waals surface area (Å²) in [6.07, 6.45) is 5.78. The number of dihydropyridines is 1. The maximum Gasteiger partial charge on any atom is 0.273 e. The third-order valence-electron chi connectivity index (χ3n) is 4.29. The molecule has 134 valence electrons. The summed E-state index contributed by atoms with van der Waals surface area (Å²) < 4.78 is 10.7. The average Bonchev–Trinajstić information content (AvgIpc) is 2.68. The van der Waals surface area contributed by atoms with Crippen LogP contribution in [0.15, 0.2) is 70.6 Å². The van der Waals surface area contributed by atoms with Crippen LogP contribution in [0.4, 0.5) is 0 Å². The summed E-state index contributed by atoms with van der Waals surface area (Å²) in [5.41, 5.74) is 1.69. The highest BCUT2D eigenvalue weighted by atomic mass is 16.5. The van der Waals surface area contributed by atoms with Crippen molar-refractivity contribution in [1.29, 1.82) is 0 Å². The fourth-order valence-electron chi connectivity index (χ4n) is 2.93. The van der Waals surface area contributed by atoms with Gasteiger partial charge in [0.15, 0.2) is 0 Å². The SMILES string of the molecule is COC1=CC=C(OC)C2C=C(CCNC(=O)c3ccccc3)C(=O)N=C12. The van der Waals surface area contributed by atoms with Crippen LogP contribution in [-0.2, 0) is 14.3 Å². The molecular formula is C20H20N2O4. The van der Waals surface area contributed by atoms with Gasteiger partial charge in [0.2, 0.25) is 0 Å². The molecule has 3 rings (SSSR count). The Morgan fingerprint density at radius 1 is 1.15 bits per heavy atom. The highest BCUT2D eigenvalue weighted by Crippen LogP contribution is 2.30. The molecule has 0 fully saturated rings. The Bertz CT molecular complexity index is 835. The zero-order chi connectivity index (χ0) is 18.5. The largest absolute Gasteiger partial charge is 0.500 e. The van der Waals surface area contributed by atoms with Gasteiger partial charge in [-0.3, -0.25) is 9.59 Å². The lowest BCUT2D eigenvalue weighted by Gasteiger charge is -2.26. The van der Waals surface area contributed by atoms with Gasteiger partial charge in [0.1, 0.15) is 17.2 Å². The molecule has 0 saturated heterocycles. The van der Waals surface area contributed by atoms with Crippen molar-refractivity contribution in [3.05, 3.63) is 71.2 Å². The molecule has 1 N–H and O–H groups in total. The molecule has 0 radical (unpaired) electrons. The summed E-state index contributed by atoms with van der Waals surface area (Å²) in [6, 6.07) is 8.95. The fourth-order valence-corrected chi connectivity index (χ4v) is 2.93. The maximum atomic E-state index is 12.3. The highest BCUT2D eigenvalue weighted by Gasteiger charge is 2.32. The van der Waals surface area contributed by atoms with E-state index in [1.807, 2.05) is 18.2 Å². The van der Waals surface area contributed by atoms with Crippen LogP contribution in [0.5, 0.6) is 0 Å². The normalized spacial score (nSPS) is 18.7. The number of hydrogen-bond acceptors (Lipinski definition) is 4. The van der Waals surface area contributed by atoms with Gasteiger partial charge in [-0.15, -0.1) is 0 Å². The number of rotatable bonds is 6. The third kappa shape index (κ3) is 3.59. The van der Waals surface area contributed by atoms with E-state index in [1.165, 1.54) is 0 Å². The van der Waals surface area contributed by atoms with Crippen molar-refractivity contribution in [3.63, 3.8) is 0 Å². The molecule has 26 heavy (non-hydrogen) atoms. The summed E-state index contributed by atoms with van der Waals surface area (Å²) >= 11 is 0. The van der Waals surface area contributed by atoms with Crippen LogP contribution in [0.2, 0.25) is 0 Å². The zero-order valence-corrected chi connectivity index (χ0v) is 14.7. The van der Waals surface area contributed by atoms with Crippen molar-refractivity contribution in [1.82, 2.24) is 5.32 Å². The number of allylic oxidation sites excluding steroid dienone is 4. The molecule has 1 atom stereocenters. The van der Waals surface area contributed by atoms with Crippen molar-refractivity contribution in [3.8, 4) is 0 Å². The van der Waals surface area contributed by atoms with Crippen LogP contribution in [0.25, 0.3) is 0 Å². The Morgan fingerprint density at radius 2 is 1.92 bits per heavy atom. The molecule has 2 amide bonds. The van der Waals surface area contributed by atoms with Gasteiger partial charge in [-0.25, -0.2) is 4.99 Å². The van der Waals surface area contributed by atoms with Gasteiger partial charge in [0, 0.05) is 17.7 Å². The zero-order valence-electron chi connectivity index (χ0n) is 14.7. The Hall–Kier alpha value is -3.15. The number of aliphatic imine (C=N–C) groups is 1. The number of hydrogen-bond donors (Lipinski definition) is 1. The van der Waals surface area contributed by atoms with Crippen molar-refractivity contribution >= 4 is 17.5 Å². The second-order valence-corrected chi connectivity index (χ2v) is 5.85. The van der Waals surface area contributed by atoms with E-state index in [0.29, 0.717) is 41.3 Å². The number of amides is 2. The van der Waals surface area contributed by atoms with Gasteiger partial charge in [-0.2, -0.15) is 0 Å². The van der Waals surface area contributed by atoms with E-state index < -0.39 is 0 Å². The number of ether oxygens (including phenoxy) is 2. The van der Waals surface area contributed by atoms with Gasteiger partial charge in [-0.05, 0) is 30.7 Å². The van der Waals surface area contributed by atoms with Crippen LogP contribution < -0.4 is 5.32 Å². The van der Waals surface area contributed by atoms with Gasteiger partial charge >= 0.3 is 0 Å². The first kappa shape index (κ1) is 17.7. The first-order chi connectivity index (χ1) is 12.6. The first-order valence-corrected chi connectivity index (χ1v) is 8.31. The summed E-state index contributed by atoms with van der Waals surface area (Å²) in [5, 5.41) is 2.82. The van der Waals surface area contributed by atoms with Crippen LogP contribution in [0.1, 0.15) is 16.8 Å². The minimum atomic E-state index is -0.314. The molecule has 1 aromatic carbocycles. The number of fused-ring (bicyclic) bond motifs is 1. The standard InChI is InChI=1S/C20H20N2O4/c1-25-16-8-9-17(26-2)18-15(16)12-14(20(24)22-18)10-11-21-19(23)13-6-4-3-5-7-13/h3-9,12,15H,10-11H2,1-2H3,(H,21,23). The molecule has 0 spiro atoms. The molecular weight excluding hydrogens is 332 g/mol. The highest BCUT2D eigenvalue weighted by molar-refractivity contribution is 6.15. The molecule has 1 aliphatic carbocycles. The van der Waals surface area contributed by atoms with Crippen LogP contribution >= 0.6 is 0 Å². The molecule has 6 nitrogen and oxygen atoms in total. The van der Waals surface area contributed by atoms with E-state index in [9.17, 15) is 9.59 Å². The summed E-state index contributed by atoms with van der Waals surface area (Å²) in [7, 11) is 3.12. The van der Waals surface area contributed by atoms with Gasteiger partial charge in [0.25, 0.3) is 11.8 Å². The maximum absolute atomic E-state index is 12.3. The summed E-state index contributed by atoms with van der Waals surface area (Å²) in [6.45, 7) is 0.349. The van der Waals surface area contributed by atoms with E-state index in [2.05, 4.69) is 10.3 Å². The molecule has 0 saturated carbocycles. The third-order valence-corrected chi connectivity index (χ3v) is 4.29. The van der Waals surface area contributed by atoms with E-state index >= 15 is 0 Å². The topological polar surface area (TPSA) is 77.0 Å². The van der Waals surface area contributed by atoms with Crippen LogP contribution in [-0.4, -0.2) is 38.3 Å². The monoisotopic (exact) mass is 352 g/mol. The Labute approximate surface area is 151 Å². The lowest BCUT2D eigenvalue weighted by Crippen LogP contribution is -2.30. The Kier molecular flexibility index (Phi) is 5.31. The number of nitrogens with one attached hydrogen (secondary N) is 1. The lowest BCUT2D eigenvalue weighted by atomic mass is 9.89. The molecule has 1 aliphatic heterocycles. The van der Waals surface area contributed by atoms with E-state index in [4.69, 9.17) is 9.47 Å². The van der Waals surface area contributed by atoms with Gasteiger partial charge in [0.05, 0.1) is 20.1 Å². The van der Waals surface area contributed by atoms with Crippen molar-refractivity contribution < 1.29 is 19.1 Å². The summed E-state index contributed by atoms with van der Waals surface area (Å²) in [5.74, 6) is 0.515. The Morgan fingerprint density at radius 3 is 2.62 bits per heavy atom. The predicted molar refractivity (Wildman–Crippen MR) is 97.6 cm³/mol. The van der Waals surface area contributed by atoms with Crippen molar-refractivity contribution in [2.45, 2.75) is 6.42 Å². The van der Waals surface area contributed by atoms with E-state index in [0.717, 1.165) is 0 Å². The number of benzene rings is 1. The van der Waals surface area contributed by atoms with Crippen molar-refractivity contribution in [2.24, 2.45) is 10.9 Å². The van der Waals surface area contributed by atoms with Crippen LogP contribution in [0.3, 0.4) is 0 Å². The number of methoxy groups -OCH3 is 2. The number of carbonyl (C=O) groups is 2. The number of carbonyl (C=O) groups excluding carboxylic acids is 2. The lowest BCUT2D eigenvalue weighted by molar-refractivity contribution is -0.114. The summed E-state index contributed by atoms with van der Waals surface area (Å²) in [4.78, 5) is 28.6. The van der Waals surface area contributed by atoms with E-state index in [-0.39, 0.29) is 17.7 Å². The quantitative estimate of drug-likeness (QED) is 0.853. The predicted octanol–water partition coefficient (Wildman–Crippen LogP) is 2.40. The average molecular weight is 352 g/mol. The fraction of sp³-hybridized carbons (Fsp3) is 0.250. The van der Waals surface area contributed by atoms with Gasteiger partial charge in [-0.1, -0.05) is 24.3 Å². The molecule has 6 heteroatoms. The first-order valence-electron chi connectivity index (χ1n) is 8.31. The second-order valence-electron chi connectivity index (χ2n) is 5.85. The number of nitrogens with zero attached hydrogens (tertiary/aromatic N) is 1. The second kappa shape index (κ2) is 7.82. The van der Waals surface area contributed by atoms with E-state index in [1.54, 1.807) is 44.6 Å². The van der Waals surface area contributed by atoms with Gasteiger partial charge < -0.3 is 14.8 Å². The molecule has 1 aromatic rings. The molecule has 2 aliphatic rings. The molecule has 1 heterocycles. The molecule has 0 aromatic heterocycles. The molecule has 1 unspecified atom stereocenters. The molecule has 0 bridgehead atoms. The smallest absolute Gasteiger partial charge is 0.273 e. The minimum absolute atomic E-state index is 0.168. The minimum Gasteiger partial charge on any atom is -0.500 e. The Balaban J connectivity index is 1.67. The van der Waals surface area contributed by atoms with Crippen LogP contribution in [0, 0.1) is 5.92 Å².